The molecule has 2 aromatic rings. The van der Waals surface area contributed by atoms with Crippen LogP contribution in [0.15, 0.2) is 35.2 Å². The second-order valence-corrected chi connectivity index (χ2v) is 2.25. The van der Waals surface area contributed by atoms with Crippen LogP contribution in [0.2, 0.25) is 0 Å². The SMILES string of the molecule is Fc1ccc(-c2ccon2)nc1. The molecule has 0 N–H and O–H groups in total. The minimum atomic E-state index is -0.359. The molecule has 0 amide bonds. The third-order valence-electron chi connectivity index (χ3n) is 1.43. The highest BCUT2D eigenvalue weighted by atomic mass is 19.1. The van der Waals surface area contributed by atoms with Gasteiger partial charge >= 0.3 is 0 Å². The number of nitrogens with zero attached hydrogens (tertiary/aromatic N) is 2. The van der Waals surface area contributed by atoms with Gasteiger partial charge in [-0.15, -0.1) is 0 Å². The maximum absolute atomic E-state index is 12.4. The van der Waals surface area contributed by atoms with Crippen molar-refractivity contribution in [3.05, 3.63) is 36.5 Å². The zero-order chi connectivity index (χ0) is 8.39. The van der Waals surface area contributed by atoms with E-state index in [1.807, 2.05) is 0 Å². The van der Waals surface area contributed by atoms with Crippen LogP contribution in [-0.2, 0) is 0 Å². The molecule has 0 aliphatic heterocycles. The maximum atomic E-state index is 12.4. The van der Waals surface area contributed by atoms with Crippen molar-refractivity contribution < 1.29 is 8.91 Å². The van der Waals surface area contributed by atoms with Crippen LogP contribution >= 0.6 is 0 Å². The fraction of sp³-hybridized carbons (Fsp3) is 0. The molecule has 4 heteroatoms. The van der Waals surface area contributed by atoms with Gasteiger partial charge in [-0.25, -0.2) is 4.39 Å². The molecule has 12 heavy (non-hydrogen) atoms. The molecule has 0 aromatic carbocycles. The van der Waals surface area contributed by atoms with Crippen molar-refractivity contribution in [2.24, 2.45) is 0 Å². The number of halogens is 1. The van der Waals surface area contributed by atoms with Crippen LogP contribution in [0.1, 0.15) is 0 Å². The van der Waals surface area contributed by atoms with Gasteiger partial charge in [0.2, 0.25) is 0 Å². The highest BCUT2D eigenvalue weighted by Gasteiger charge is 2.01. The molecule has 0 bridgehead atoms. The Balaban J connectivity index is 2.43. The van der Waals surface area contributed by atoms with Gasteiger partial charge in [-0.1, -0.05) is 5.16 Å². The highest BCUT2D eigenvalue weighted by molar-refractivity contribution is 5.51. The van der Waals surface area contributed by atoms with E-state index in [1.165, 1.54) is 12.3 Å². The molecule has 0 spiro atoms. The van der Waals surface area contributed by atoms with E-state index in [-0.39, 0.29) is 5.82 Å². The van der Waals surface area contributed by atoms with E-state index in [1.54, 1.807) is 12.1 Å². The van der Waals surface area contributed by atoms with Gasteiger partial charge in [0.1, 0.15) is 17.8 Å². The fourth-order valence-electron chi connectivity index (χ4n) is 0.872. The molecule has 2 aromatic heterocycles. The third kappa shape index (κ3) is 1.18. The second kappa shape index (κ2) is 2.73. The summed E-state index contributed by atoms with van der Waals surface area (Å²) in [5.41, 5.74) is 1.21. The Kier molecular flexibility index (Phi) is 1.59. The Morgan fingerprint density at radius 2 is 2.08 bits per heavy atom. The Morgan fingerprint density at radius 3 is 2.67 bits per heavy atom. The van der Waals surface area contributed by atoms with Gasteiger partial charge in [-0.05, 0) is 12.1 Å². The molecule has 3 nitrogen and oxygen atoms in total. The summed E-state index contributed by atoms with van der Waals surface area (Å²) in [7, 11) is 0. The normalized spacial score (nSPS) is 10.1. The van der Waals surface area contributed by atoms with Crippen LogP contribution in [0, 0.1) is 5.82 Å². The zero-order valence-corrected chi connectivity index (χ0v) is 6.07. The molecule has 60 valence electrons. The minimum absolute atomic E-state index is 0.359. The Hall–Kier alpha value is -1.71. The average molecular weight is 164 g/mol. The Morgan fingerprint density at radius 1 is 1.17 bits per heavy atom. The van der Waals surface area contributed by atoms with Crippen molar-refractivity contribution in [3.8, 4) is 11.4 Å². The zero-order valence-electron chi connectivity index (χ0n) is 6.07. The summed E-state index contributed by atoms with van der Waals surface area (Å²) in [6.07, 6.45) is 2.59. The lowest BCUT2D eigenvalue weighted by atomic mass is 10.3. The lowest BCUT2D eigenvalue weighted by Gasteiger charge is -1.92. The molecule has 2 heterocycles. The van der Waals surface area contributed by atoms with Crippen LogP contribution in [0.4, 0.5) is 4.39 Å². The van der Waals surface area contributed by atoms with Crippen LogP contribution in [0.3, 0.4) is 0 Å². The largest absolute Gasteiger partial charge is 0.364 e. The lowest BCUT2D eigenvalue weighted by molar-refractivity contribution is 0.422. The van der Waals surface area contributed by atoms with Crippen LogP contribution < -0.4 is 0 Å². The summed E-state index contributed by atoms with van der Waals surface area (Å²) in [5.74, 6) is -0.359. The second-order valence-electron chi connectivity index (χ2n) is 2.25. The van der Waals surface area contributed by atoms with Crippen molar-refractivity contribution in [1.29, 1.82) is 0 Å². The topological polar surface area (TPSA) is 38.9 Å². The summed E-state index contributed by atoms with van der Waals surface area (Å²) >= 11 is 0. The van der Waals surface area contributed by atoms with E-state index in [0.717, 1.165) is 6.20 Å². The van der Waals surface area contributed by atoms with Gasteiger partial charge in [0, 0.05) is 6.07 Å². The Labute approximate surface area is 67.8 Å². The number of pyridine rings is 1. The molecule has 0 aliphatic carbocycles. The molecule has 0 saturated carbocycles. The molecule has 0 unspecified atom stereocenters. The molecule has 2 rings (SSSR count). The van der Waals surface area contributed by atoms with E-state index in [9.17, 15) is 4.39 Å². The summed E-state index contributed by atoms with van der Waals surface area (Å²) in [6.45, 7) is 0. The first-order chi connectivity index (χ1) is 5.86. The lowest BCUT2D eigenvalue weighted by Crippen LogP contribution is -1.83. The molecule has 0 atom stereocenters. The monoisotopic (exact) mass is 164 g/mol. The summed E-state index contributed by atoms with van der Waals surface area (Å²) in [4.78, 5) is 3.82. The van der Waals surface area contributed by atoms with E-state index < -0.39 is 0 Å². The minimum Gasteiger partial charge on any atom is -0.364 e. The number of rotatable bonds is 1. The standard InChI is InChI=1S/C8H5FN2O/c9-6-1-2-7(10-5-6)8-3-4-12-11-8/h1-5H. The molecular formula is C8H5FN2O. The molecular weight excluding hydrogens is 159 g/mol. The number of hydrogen-bond donors (Lipinski definition) is 0. The molecule has 0 aliphatic rings. The van der Waals surface area contributed by atoms with Crippen molar-refractivity contribution in [2.45, 2.75) is 0 Å². The summed E-state index contributed by atoms with van der Waals surface area (Å²) in [5, 5.41) is 3.66. The van der Waals surface area contributed by atoms with Crippen molar-refractivity contribution in [1.82, 2.24) is 10.1 Å². The van der Waals surface area contributed by atoms with E-state index in [2.05, 4.69) is 14.7 Å². The van der Waals surface area contributed by atoms with Gasteiger partial charge in [0.25, 0.3) is 0 Å². The highest BCUT2D eigenvalue weighted by Crippen LogP contribution is 2.13. The van der Waals surface area contributed by atoms with Crippen LogP contribution in [0.5, 0.6) is 0 Å². The first-order valence-electron chi connectivity index (χ1n) is 3.38. The van der Waals surface area contributed by atoms with E-state index in [0.29, 0.717) is 11.4 Å². The van der Waals surface area contributed by atoms with Gasteiger partial charge in [-0.2, -0.15) is 0 Å². The van der Waals surface area contributed by atoms with Crippen LogP contribution in [-0.4, -0.2) is 10.1 Å². The van der Waals surface area contributed by atoms with E-state index >= 15 is 0 Å². The summed E-state index contributed by atoms with van der Waals surface area (Å²) < 4.78 is 17.0. The first-order valence-corrected chi connectivity index (χ1v) is 3.38. The predicted octanol–water partition coefficient (Wildman–Crippen LogP) is 1.88. The van der Waals surface area contributed by atoms with Crippen LogP contribution in [0.25, 0.3) is 11.4 Å². The van der Waals surface area contributed by atoms with Crippen molar-refractivity contribution >= 4 is 0 Å². The third-order valence-corrected chi connectivity index (χ3v) is 1.43. The summed E-state index contributed by atoms with van der Waals surface area (Å²) in [6, 6.07) is 4.55. The fourth-order valence-corrected chi connectivity index (χ4v) is 0.872. The van der Waals surface area contributed by atoms with Crippen molar-refractivity contribution in [2.75, 3.05) is 0 Å². The smallest absolute Gasteiger partial charge is 0.141 e. The quantitative estimate of drug-likeness (QED) is 0.645. The van der Waals surface area contributed by atoms with Gasteiger partial charge in [0.05, 0.1) is 11.9 Å². The number of hydrogen-bond acceptors (Lipinski definition) is 3. The first kappa shape index (κ1) is 6.97. The Bertz CT molecular complexity index is 355. The molecule has 0 fully saturated rings. The maximum Gasteiger partial charge on any atom is 0.141 e. The van der Waals surface area contributed by atoms with Gasteiger partial charge in [0.15, 0.2) is 0 Å². The van der Waals surface area contributed by atoms with Crippen molar-refractivity contribution in [3.63, 3.8) is 0 Å². The van der Waals surface area contributed by atoms with E-state index in [4.69, 9.17) is 0 Å². The van der Waals surface area contributed by atoms with Gasteiger partial charge < -0.3 is 4.52 Å². The number of aromatic nitrogens is 2. The average Bonchev–Trinajstić information content (AvgIpc) is 2.58. The molecule has 0 radical (unpaired) electrons. The molecule has 0 saturated heterocycles. The van der Waals surface area contributed by atoms with Gasteiger partial charge in [-0.3, -0.25) is 4.98 Å². The predicted molar refractivity (Wildman–Crippen MR) is 39.7 cm³/mol.